The molecular formula is C6H5N3O. The first-order chi connectivity index (χ1) is 4.74. The van der Waals surface area contributed by atoms with E-state index in [1.54, 1.807) is 6.07 Å². The summed E-state index contributed by atoms with van der Waals surface area (Å²) in [5.74, 6) is -0.113. The van der Waals surface area contributed by atoms with Crippen molar-refractivity contribution in [2.24, 2.45) is 0 Å². The molecule has 0 aliphatic carbocycles. The average molecular weight is 135 g/mol. The van der Waals surface area contributed by atoms with Crippen LogP contribution in [0.5, 0.6) is 5.75 Å². The van der Waals surface area contributed by atoms with Crippen LogP contribution in [-0.2, 0) is 0 Å². The van der Waals surface area contributed by atoms with Gasteiger partial charge in [-0.15, -0.1) is 0 Å². The van der Waals surface area contributed by atoms with Crippen LogP contribution in [0, 0.1) is 11.3 Å². The van der Waals surface area contributed by atoms with Gasteiger partial charge in [-0.05, 0) is 12.1 Å². The molecule has 0 radical (unpaired) electrons. The summed E-state index contributed by atoms with van der Waals surface area (Å²) in [5, 5.41) is 17.1. The Labute approximate surface area is 57.5 Å². The van der Waals surface area contributed by atoms with E-state index in [4.69, 9.17) is 16.1 Å². The minimum absolute atomic E-state index is 0.0148. The minimum Gasteiger partial charge on any atom is -0.504 e. The van der Waals surface area contributed by atoms with Crippen LogP contribution in [0.1, 0.15) is 5.69 Å². The van der Waals surface area contributed by atoms with Crippen LogP contribution < -0.4 is 5.73 Å². The zero-order valence-corrected chi connectivity index (χ0v) is 5.07. The molecule has 0 atom stereocenters. The van der Waals surface area contributed by atoms with Gasteiger partial charge in [0.05, 0.1) is 0 Å². The second kappa shape index (κ2) is 2.23. The molecule has 1 aromatic heterocycles. The fraction of sp³-hybridized carbons (Fsp3) is 0. The van der Waals surface area contributed by atoms with E-state index in [1.807, 2.05) is 0 Å². The Hall–Kier alpha value is -1.76. The van der Waals surface area contributed by atoms with Crippen molar-refractivity contribution in [3.63, 3.8) is 0 Å². The molecule has 1 heterocycles. The molecule has 50 valence electrons. The molecule has 4 nitrogen and oxygen atoms in total. The number of rotatable bonds is 0. The predicted octanol–water partition coefficient (Wildman–Crippen LogP) is 0.241. The second-order valence-corrected chi connectivity index (χ2v) is 1.71. The molecule has 0 aliphatic rings. The van der Waals surface area contributed by atoms with Gasteiger partial charge < -0.3 is 10.8 Å². The molecule has 0 saturated heterocycles. The lowest BCUT2D eigenvalue weighted by atomic mass is 10.3. The lowest BCUT2D eigenvalue weighted by Gasteiger charge is -1.94. The van der Waals surface area contributed by atoms with Crippen LogP contribution in [0.25, 0.3) is 0 Å². The highest BCUT2D eigenvalue weighted by molar-refractivity contribution is 5.46. The van der Waals surface area contributed by atoms with E-state index in [9.17, 15) is 0 Å². The number of aromatic hydroxyl groups is 1. The summed E-state index contributed by atoms with van der Waals surface area (Å²) in [5.41, 5.74) is 5.39. The third-order valence-electron chi connectivity index (χ3n) is 1.02. The Morgan fingerprint density at radius 3 is 2.80 bits per heavy atom. The molecule has 0 saturated carbocycles. The number of aromatic nitrogens is 1. The van der Waals surface area contributed by atoms with E-state index in [1.165, 1.54) is 12.1 Å². The lowest BCUT2D eigenvalue weighted by Crippen LogP contribution is -1.91. The molecule has 0 aliphatic heterocycles. The van der Waals surface area contributed by atoms with Crippen molar-refractivity contribution in [2.45, 2.75) is 0 Å². The quantitative estimate of drug-likeness (QED) is 0.533. The molecule has 4 heteroatoms. The zero-order valence-electron chi connectivity index (χ0n) is 5.07. The van der Waals surface area contributed by atoms with Crippen LogP contribution >= 0.6 is 0 Å². The van der Waals surface area contributed by atoms with Gasteiger partial charge in [0.1, 0.15) is 11.8 Å². The second-order valence-electron chi connectivity index (χ2n) is 1.71. The number of hydrogen-bond donors (Lipinski definition) is 2. The van der Waals surface area contributed by atoms with Gasteiger partial charge in [0.15, 0.2) is 11.6 Å². The summed E-state index contributed by atoms with van der Waals surface area (Å²) in [7, 11) is 0. The monoisotopic (exact) mass is 135 g/mol. The molecule has 1 rings (SSSR count). The average Bonchev–Trinajstić information content (AvgIpc) is 1.95. The van der Waals surface area contributed by atoms with E-state index < -0.39 is 0 Å². The lowest BCUT2D eigenvalue weighted by molar-refractivity contribution is 0.475. The summed E-state index contributed by atoms with van der Waals surface area (Å²) in [6, 6.07) is 4.52. The maximum absolute atomic E-state index is 8.84. The summed E-state index contributed by atoms with van der Waals surface area (Å²) >= 11 is 0. The molecule has 0 aromatic carbocycles. The molecular weight excluding hydrogens is 130 g/mol. The van der Waals surface area contributed by atoms with Crippen molar-refractivity contribution in [2.75, 3.05) is 5.73 Å². The molecule has 10 heavy (non-hydrogen) atoms. The molecule has 0 fully saturated rings. The Balaban J connectivity index is 3.20. The summed E-state index contributed by atoms with van der Waals surface area (Å²) < 4.78 is 0. The maximum Gasteiger partial charge on any atom is 0.167 e. The van der Waals surface area contributed by atoms with Gasteiger partial charge in [-0.25, -0.2) is 4.98 Å². The van der Waals surface area contributed by atoms with Gasteiger partial charge >= 0.3 is 0 Å². The van der Waals surface area contributed by atoms with Gasteiger partial charge in [-0.1, -0.05) is 0 Å². The first-order valence-electron chi connectivity index (χ1n) is 2.59. The number of anilines is 1. The van der Waals surface area contributed by atoms with E-state index in [0.717, 1.165) is 0 Å². The van der Waals surface area contributed by atoms with Gasteiger partial charge in [-0.2, -0.15) is 5.26 Å². The van der Waals surface area contributed by atoms with Crippen molar-refractivity contribution in [3.05, 3.63) is 17.8 Å². The fourth-order valence-corrected chi connectivity index (χ4v) is 0.530. The summed E-state index contributed by atoms with van der Waals surface area (Å²) in [4.78, 5) is 3.56. The molecule has 0 amide bonds. The third kappa shape index (κ3) is 0.977. The number of nitrogens with zero attached hydrogens (tertiary/aromatic N) is 2. The largest absolute Gasteiger partial charge is 0.504 e. The molecule has 0 bridgehead atoms. The van der Waals surface area contributed by atoms with Gasteiger partial charge in [0, 0.05) is 0 Å². The third-order valence-corrected chi connectivity index (χ3v) is 1.02. The fourth-order valence-electron chi connectivity index (χ4n) is 0.530. The Morgan fingerprint density at radius 2 is 2.30 bits per heavy atom. The number of nitrogen functional groups attached to an aromatic ring is 1. The van der Waals surface area contributed by atoms with Crippen LogP contribution in [0.4, 0.5) is 5.82 Å². The normalized spacial score (nSPS) is 8.70. The van der Waals surface area contributed by atoms with E-state index in [-0.39, 0.29) is 17.3 Å². The minimum atomic E-state index is -0.0981. The number of nitriles is 1. The van der Waals surface area contributed by atoms with E-state index >= 15 is 0 Å². The number of pyridine rings is 1. The van der Waals surface area contributed by atoms with E-state index in [0.29, 0.717) is 0 Å². The Morgan fingerprint density at radius 1 is 1.60 bits per heavy atom. The standard InChI is InChI=1S/C6H5N3O/c7-3-4-1-2-5(10)6(8)9-4/h1-2,10H,(H2,8,9). The predicted molar refractivity (Wildman–Crippen MR) is 35.0 cm³/mol. The highest BCUT2D eigenvalue weighted by atomic mass is 16.3. The Bertz CT molecular complexity index is 290. The Kier molecular flexibility index (Phi) is 1.42. The smallest absolute Gasteiger partial charge is 0.167 e. The first kappa shape index (κ1) is 6.36. The van der Waals surface area contributed by atoms with Crippen LogP contribution in [0.3, 0.4) is 0 Å². The molecule has 0 spiro atoms. The number of nitrogens with two attached hydrogens (primary N) is 1. The SMILES string of the molecule is N#Cc1ccc(O)c(N)n1. The first-order valence-corrected chi connectivity index (χ1v) is 2.59. The number of hydrogen-bond acceptors (Lipinski definition) is 4. The van der Waals surface area contributed by atoms with Crippen molar-refractivity contribution in [1.82, 2.24) is 4.98 Å². The highest BCUT2D eigenvalue weighted by Gasteiger charge is 1.97. The van der Waals surface area contributed by atoms with Crippen molar-refractivity contribution in [1.29, 1.82) is 5.26 Å². The summed E-state index contributed by atoms with van der Waals surface area (Å²) in [6.45, 7) is 0. The van der Waals surface area contributed by atoms with E-state index in [2.05, 4.69) is 4.98 Å². The van der Waals surface area contributed by atoms with Gasteiger partial charge in [0.2, 0.25) is 0 Å². The molecule has 1 aromatic rings. The maximum atomic E-state index is 8.84. The van der Waals surface area contributed by atoms with Crippen molar-refractivity contribution >= 4 is 5.82 Å². The van der Waals surface area contributed by atoms with Crippen LogP contribution in [0.15, 0.2) is 12.1 Å². The zero-order chi connectivity index (χ0) is 7.56. The van der Waals surface area contributed by atoms with Crippen LogP contribution in [0.2, 0.25) is 0 Å². The molecule has 0 unspecified atom stereocenters. The highest BCUT2D eigenvalue weighted by Crippen LogP contribution is 2.15. The topological polar surface area (TPSA) is 82.9 Å². The molecule has 3 N–H and O–H groups in total. The van der Waals surface area contributed by atoms with Gasteiger partial charge in [0.25, 0.3) is 0 Å². The van der Waals surface area contributed by atoms with Crippen molar-refractivity contribution < 1.29 is 5.11 Å². The van der Waals surface area contributed by atoms with Crippen molar-refractivity contribution in [3.8, 4) is 11.8 Å². The summed E-state index contributed by atoms with van der Waals surface area (Å²) in [6.07, 6.45) is 0. The van der Waals surface area contributed by atoms with Crippen LogP contribution in [-0.4, -0.2) is 10.1 Å². The van der Waals surface area contributed by atoms with Gasteiger partial charge in [-0.3, -0.25) is 0 Å².